The largest absolute Gasteiger partial charge is 0.497 e. The zero-order valence-electron chi connectivity index (χ0n) is 16.2. The average Bonchev–Trinajstić information content (AvgIpc) is 3.09. The number of anilines is 1. The zero-order valence-corrected chi connectivity index (χ0v) is 17.8. The highest BCUT2D eigenvalue weighted by Gasteiger charge is 2.33. The van der Waals surface area contributed by atoms with Crippen LogP contribution in [-0.4, -0.2) is 32.9 Å². The molecule has 0 bridgehead atoms. The first-order chi connectivity index (χ1) is 14.1. The Hall–Kier alpha value is -2.46. The summed E-state index contributed by atoms with van der Waals surface area (Å²) in [4.78, 5) is 12.8. The number of amides is 1. The number of hydrogen-bond acceptors (Lipinski definition) is 5. The van der Waals surface area contributed by atoms with E-state index in [9.17, 15) is 18.0 Å². The number of hydrogen-bond donors (Lipinski definition) is 1. The Morgan fingerprint density at radius 1 is 1.23 bits per heavy atom. The van der Waals surface area contributed by atoms with Gasteiger partial charge in [-0.2, -0.15) is 13.2 Å². The molecular formula is C19H18ClF3N4O2S. The summed E-state index contributed by atoms with van der Waals surface area (Å²) in [5.74, 6) is 0.201. The van der Waals surface area contributed by atoms with Crippen molar-refractivity contribution in [3.05, 3.63) is 47.1 Å². The Bertz CT molecular complexity index is 1050. The smallest absolute Gasteiger partial charge is 0.417 e. The van der Waals surface area contributed by atoms with Crippen molar-refractivity contribution in [3.8, 4) is 5.75 Å². The molecule has 30 heavy (non-hydrogen) atoms. The molecule has 3 rings (SSSR count). The number of methoxy groups -OCH3 is 1. The first kappa shape index (κ1) is 22.2. The van der Waals surface area contributed by atoms with Crippen molar-refractivity contribution < 1.29 is 22.7 Å². The molecule has 160 valence electrons. The first-order valence-electron chi connectivity index (χ1n) is 8.83. The molecule has 0 saturated heterocycles. The normalized spacial score (nSPS) is 12.9. The number of alkyl halides is 3. The van der Waals surface area contributed by atoms with Crippen LogP contribution in [0.5, 0.6) is 5.75 Å². The highest BCUT2D eigenvalue weighted by atomic mass is 35.5. The van der Waals surface area contributed by atoms with Gasteiger partial charge in [0.2, 0.25) is 5.91 Å². The van der Waals surface area contributed by atoms with Crippen molar-refractivity contribution in [1.82, 2.24) is 14.6 Å². The van der Waals surface area contributed by atoms with E-state index >= 15 is 0 Å². The van der Waals surface area contributed by atoms with Gasteiger partial charge in [0.1, 0.15) is 5.75 Å². The fraction of sp³-hybridized carbons (Fsp3) is 0.316. The van der Waals surface area contributed by atoms with Crippen LogP contribution in [0.4, 0.5) is 18.9 Å². The van der Waals surface area contributed by atoms with Gasteiger partial charge in [-0.1, -0.05) is 37.2 Å². The third kappa shape index (κ3) is 4.81. The van der Waals surface area contributed by atoms with Crippen LogP contribution >= 0.6 is 23.4 Å². The highest BCUT2D eigenvalue weighted by molar-refractivity contribution is 8.00. The zero-order chi connectivity index (χ0) is 22.1. The van der Waals surface area contributed by atoms with E-state index in [1.807, 2.05) is 13.8 Å². The van der Waals surface area contributed by atoms with Crippen LogP contribution in [0.3, 0.4) is 0 Å². The van der Waals surface area contributed by atoms with Gasteiger partial charge >= 0.3 is 6.18 Å². The Labute approximate surface area is 179 Å². The van der Waals surface area contributed by atoms with E-state index in [0.717, 1.165) is 28.4 Å². The Kier molecular flexibility index (Phi) is 6.47. The van der Waals surface area contributed by atoms with E-state index in [4.69, 9.17) is 16.3 Å². The lowest BCUT2D eigenvalue weighted by Crippen LogP contribution is -2.29. The number of aromatic nitrogens is 3. The molecule has 0 aliphatic heterocycles. The van der Waals surface area contributed by atoms with Crippen LogP contribution in [0.15, 0.2) is 41.7 Å². The summed E-state index contributed by atoms with van der Waals surface area (Å²) in [6.07, 6.45) is -3.70. The van der Waals surface area contributed by atoms with Gasteiger partial charge in [-0.3, -0.25) is 9.20 Å². The number of nitrogens with one attached hydrogen (secondary N) is 1. The van der Waals surface area contributed by atoms with Crippen molar-refractivity contribution in [2.24, 2.45) is 5.92 Å². The summed E-state index contributed by atoms with van der Waals surface area (Å²) in [5, 5.41) is 9.94. The fourth-order valence-corrected chi connectivity index (χ4v) is 3.92. The third-order valence-corrected chi connectivity index (χ3v) is 5.99. The number of pyridine rings is 1. The van der Waals surface area contributed by atoms with Crippen LogP contribution in [0.1, 0.15) is 19.4 Å². The van der Waals surface area contributed by atoms with E-state index < -0.39 is 17.0 Å². The molecule has 2 aromatic heterocycles. The lowest BCUT2D eigenvalue weighted by atomic mass is 10.1. The van der Waals surface area contributed by atoms with Gasteiger partial charge in [-0.25, -0.2) is 0 Å². The number of fused-ring (bicyclic) bond motifs is 1. The second kappa shape index (κ2) is 8.73. The van der Waals surface area contributed by atoms with Crippen LogP contribution < -0.4 is 10.1 Å². The number of thioether (sulfide) groups is 1. The molecule has 0 saturated carbocycles. The molecule has 1 unspecified atom stereocenters. The molecular weight excluding hydrogens is 441 g/mol. The van der Waals surface area contributed by atoms with Gasteiger partial charge in [0, 0.05) is 11.9 Å². The topological polar surface area (TPSA) is 68.5 Å². The molecule has 0 aliphatic carbocycles. The van der Waals surface area contributed by atoms with E-state index in [-0.39, 0.29) is 27.7 Å². The molecule has 1 N–H and O–H groups in total. The van der Waals surface area contributed by atoms with E-state index in [1.54, 1.807) is 31.4 Å². The summed E-state index contributed by atoms with van der Waals surface area (Å²) in [6, 6.07) is 7.61. The Morgan fingerprint density at radius 2 is 1.90 bits per heavy atom. The Morgan fingerprint density at radius 3 is 2.47 bits per heavy atom. The van der Waals surface area contributed by atoms with Gasteiger partial charge in [0.15, 0.2) is 10.8 Å². The predicted molar refractivity (Wildman–Crippen MR) is 109 cm³/mol. The van der Waals surface area contributed by atoms with Crippen molar-refractivity contribution >= 4 is 40.6 Å². The molecule has 1 atom stereocenters. The lowest BCUT2D eigenvalue weighted by Gasteiger charge is -2.19. The monoisotopic (exact) mass is 458 g/mol. The number of carbonyl (C=O) groups excluding carboxylic acids is 1. The molecule has 1 aromatic carbocycles. The molecule has 0 aliphatic rings. The number of nitrogens with zero attached hydrogens (tertiary/aromatic N) is 3. The summed E-state index contributed by atoms with van der Waals surface area (Å²) < 4.78 is 45.7. The number of carbonyl (C=O) groups is 1. The fourth-order valence-electron chi connectivity index (χ4n) is 2.66. The molecule has 1 amide bonds. The van der Waals surface area contributed by atoms with Gasteiger partial charge < -0.3 is 10.1 Å². The van der Waals surface area contributed by atoms with E-state index in [0.29, 0.717) is 11.4 Å². The molecule has 11 heteroatoms. The highest BCUT2D eigenvalue weighted by Crippen LogP contribution is 2.35. The van der Waals surface area contributed by atoms with Gasteiger partial charge in [0.05, 0.1) is 22.9 Å². The number of halogens is 4. The second-order valence-electron chi connectivity index (χ2n) is 6.75. The van der Waals surface area contributed by atoms with Crippen LogP contribution in [0, 0.1) is 5.92 Å². The van der Waals surface area contributed by atoms with E-state index in [2.05, 4.69) is 15.5 Å². The molecule has 0 radical (unpaired) electrons. The van der Waals surface area contributed by atoms with Crippen LogP contribution in [-0.2, 0) is 11.0 Å². The van der Waals surface area contributed by atoms with Crippen LogP contribution in [0.2, 0.25) is 5.02 Å². The molecule has 6 nitrogen and oxygen atoms in total. The minimum atomic E-state index is -4.58. The van der Waals surface area contributed by atoms with Crippen LogP contribution in [0.25, 0.3) is 5.65 Å². The number of rotatable bonds is 6. The Balaban J connectivity index is 1.88. The summed E-state index contributed by atoms with van der Waals surface area (Å²) >= 11 is 6.98. The van der Waals surface area contributed by atoms with Crippen molar-refractivity contribution in [3.63, 3.8) is 0 Å². The first-order valence-corrected chi connectivity index (χ1v) is 10.1. The maximum atomic E-state index is 13.2. The second-order valence-corrected chi connectivity index (χ2v) is 8.27. The summed E-state index contributed by atoms with van der Waals surface area (Å²) in [7, 11) is 1.54. The lowest BCUT2D eigenvalue weighted by molar-refractivity contribution is -0.137. The van der Waals surface area contributed by atoms with E-state index in [1.165, 1.54) is 0 Å². The standard InChI is InChI=1S/C19H18ClF3N4O2S/c1-10(2)15(17(28)24-12-4-6-13(29-3)7-5-12)30-18-26-25-16-14(20)8-11(9-27(16)18)19(21,22)23/h4-10,15H,1-3H3,(H,24,28). The van der Waals surface area contributed by atoms with Gasteiger partial charge in [0.25, 0.3) is 0 Å². The maximum absolute atomic E-state index is 13.2. The maximum Gasteiger partial charge on any atom is 0.417 e. The number of benzene rings is 1. The minimum absolute atomic E-state index is 0.0882. The molecule has 0 spiro atoms. The minimum Gasteiger partial charge on any atom is -0.497 e. The average molecular weight is 459 g/mol. The summed E-state index contributed by atoms with van der Waals surface area (Å²) in [6.45, 7) is 3.67. The van der Waals surface area contributed by atoms with Crippen molar-refractivity contribution in [2.75, 3.05) is 12.4 Å². The van der Waals surface area contributed by atoms with Crippen molar-refractivity contribution in [1.29, 1.82) is 0 Å². The van der Waals surface area contributed by atoms with Gasteiger partial charge in [-0.05, 0) is 36.2 Å². The molecule has 3 aromatic rings. The van der Waals surface area contributed by atoms with Crippen molar-refractivity contribution in [2.45, 2.75) is 30.4 Å². The number of ether oxygens (including phenoxy) is 1. The molecule has 0 fully saturated rings. The summed E-state index contributed by atoms with van der Waals surface area (Å²) in [5.41, 5.74) is -0.267. The third-order valence-electron chi connectivity index (χ3n) is 4.21. The molecule has 2 heterocycles. The quantitative estimate of drug-likeness (QED) is 0.516. The predicted octanol–water partition coefficient (Wildman–Crippen LogP) is 5.17. The SMILES string of the molecule is COc1ccc(NC(=O)C(Sc2nnc3c(Cl)cc(C(F)(F)F)cn23)C(C)C)cc1. The van der Waals surface area contributed by atoms with Gasteiger partial charge in [-0.15, -0.1) is 10.2 Å².